The van der Waals surface area contributed by atoms with E-state index in [9.17, 15) is 0 Å². The van der Waals surface area contributed by atoms with Crippen LogP contribution < -0.4 is 15.4 Å². The summed E-state index contributed by atoms with van der Waals surface area (Å²) < 4.78 is 5.71. The molecule has 0 aromatic heterocycles. The van der Waals surface area contributed by atoms with Crippen LogP contribution >= 0.6 is 0 Å². The quantitative estimate of drug-likeness (QED) is 0.638. The number of piperidine rings is 1. The Kier molecular flexibility index (Phi) is 4.19. The minimum atomic E-state index is 0.881. The van der Waals surface area contributed by atoms with E-state index in [2.05, 4.69) is 10.6 Å². The van der Waals surface area contributed by atoms with Gasteiger partial charge in [0.25, 0.3) is 0 Å². The van der Waals surface area contributed by atoms with Crippen molar-refractivity contribution >= 4 is 11.4 Å². The van der Waals surface area contributed by atoms with Gasteiger partial charge >= 0.3 is 0 Å². The van der Waals surface area contributed by atoms with Gasteiger partial charge in [0.05, 0.1) is 11.4 Å². The van der Waals surface area contributed by atoms with E-state index >= 15 is 0 Å². The average Bonchev–Trinajstić information content (AvgIpc) is 2.55. The molecule has 0 saturated carbocycles. The molecule has 3 heteroatoms. The highest BCUT2D eigenvalue weighted by atomic mass is 16.5. The zero-order valence-corrected chi connectivity index (χ0v) is 11.6. The third kappa shape index (κ3) is 3.11. The maximum atomic E-state index is 5.71. The topological polar surface area (TPSA) is 33.3 Å². The van der Waals surface area contributed by atoms with E-state index in [0.717, 1.165) is 22.9 Å². The molecule has 2 aromatic carbocycles. The SMILES string of the molecule is C1CCNCC1.c1ccc2c(c1)Nc1ccccc1O2. The van der Waals surface area contributed by atoms with Crippen molar-refractivity contribution in [2.24, 2.45) is 0 Å². The van der Waals surface area contributed by atoms with Gasteiger partial charge < -0.3 is 15.4 Å². The number of anilines is 2. The number of hydrogen-bond acceptors (Lipinski definition) is 3. The highest BCUT2D eigenvalue weighted by Gasteiger charge is 2.13. The molecule has 20 heavy (non-hydrogen) atoms. The van der Waals surface area contributed by atoms with Crippen LogP contribution in [0.2, 0.25) is 0 Å². The van der Waals surface area contributed by atoms with Gasteiger partial charge in [-0.05, 0) is 50.2 Å². The maximum absolute atomic E-state index is 5.71. The summed E-state index contributed by atoms with van der Waals surface area (Å²) in [7, 11) is 0. The van der Waals surface area contributed by atoms with E-state index in [0.29, 0.717) is 0 Å². The van der Waals surface area contributed by atoms with E-state index in [1.165, 1.54) is 32.4 Å². The molecule has 0 amide bonds. The van der Waals surface area contributed by atoms with Crippen molar-refractivity contribution < 1.29 is 4.74 Å². The third-order valence-electron chi connectivity index (χ3n) is 3.47. The fraction of sp³-hybridized carbons (Fsp3) is 0.294. The number of hydrogen-bond donors (Lipinski definition) is 2. The average molecular weight is 268 g/mol. The minimum absolute atomic E-state index is 0.881. The number of para-hydroxylation sites is 4. The molecule has 0 spiro atoms. The van der Waals surface area contributed by atoms with E-state index in [1.807, 2.05) is 48.5 Å². The molecular weight excluding hydrogens is 248 g/mol. The Morgan fingerprint density at radius 2 is 1.25 bits per heavy atom. The van der Waals surface area contributed by atoms with Crippen molar-refractivity contribution in [3.8, 4) is 11.5 Å². The smallest absolute Gasteiger partial charge is 0.150 e. The van der Waals surface area contributed by atoms with Gasteiger partial charge in [-0.3, -0.25) is 0 Å². The van der Waals surface area contributed by atoms with Crippen LogP contribution in [0.5, 0.6) is 11.5 Å². The van der Waals surface area contributed by atoms with Crippen molar-refractivity contribution in [2.45, 2.75) is 19.3 Å². The lowest BCUT2D eigenvalue weighted by Gasteiger charge is -2.20. The Balaban J connectivity index is 0.000000170. The Bertz CT molecular complexity index is 465. The van der Waals surface area contributed by atoms with Crippen LogP contribution in [0.1, 0.15) is 19.3 Å². The molecule has 0 aliphatic carbocycles. The molecule has 2 heterocycles. The first-order valence-corrected chi connectivity index (χ1v) is 7.27. The first-order chi connectivity index (χ1) is 9.93. The van der Waals surface area contributed by atoms with Crippen molar-refractivity contribution in [3.05, 3.63) is 48.5 Å². The van der Waals surface area contributed by atoms with Gasteiger partial charge in [0.15, 0.2) is 11.5 Å². The van der Waals surface area contributed by atoms with Gasteiger partial charge in [0, 0.05) is 0 Å². The molecule has 0 radical (unpaired) electrons. The third-order valence-corrected chi connectivity index (χ3v) is 3.47. The van der Waals surface area contributed by atoms with Crippen molar-refractivity contribution in [3.63, 3.8) is 0 Å². The molecule has 1 fully saturated rings. The molecule has 104 valence electrons. The zero-order chi connectivity index (χ0) is 13.6. The summed E-state index contributed by atoms with van der Waals surface area (Å²) >= 11 is 0. The van der Waals surface area contributed by atoms with Gasteiger partial charge in [0.2, 0.25) is 0 Å². The summed E-state index contributed by atoms with van der Waals surface area (Å²) in [6.07, 6.45) is 4.22. The summed E-state index contributed by atoms with van der Waals surface area (Å²) in [4.78, 5) is 0. The molecule has 2 aliphatic rings. The first kappa shape index (κ1) is 13.0. The fourth-order valence-electron chi connectivity index (χ4n) is 2.38. The second kappa shape index (κ2) is 6.44. The molecule has 2 aromatic rings. The number of fused-ring (bicyclic) bond motifs is 2. The van der Waals surface area contributed by atoms with Gasteiger partial charge in [-0.2, -0.15) is 0 Å². The molecule has 3 nitrogen and oxygen atoms in total. The van der Waals surface area contributed by atoms with Crippen molar-refractivity contribution in [1.82, 2.24) is 5.32 Å². The fourth-order valence-corrected chi connectivity index (χ4v) is 2.38. The van der Waals surface area contributed by atoms with Crippen LogP contribution in [0.25, 0.3) is 0 Å². The summed E-state index contributed by atoms with van der Waals surface area (Å²) in [6, 6.07) is 15.8. The zero-order valence-electron chi connectivity index (χ0n) is 11.6. The molecule has 2 aliphatic heterocycles. The molecule has 2 N–H and O–H groups in total. The molecule has 1 saturated heterocycles. The van der Waals surface area contributed by atoms with E-state index in [1.54, 1.807) is 0 Å². The Morgan fingerprint density at radius 3 is 1.70 bits per heavy atom. The summed E-state index contributed by atoms with van der Waals surface area (Å²) in [6.45, 7) is 2.50. The first-order valence-electron chi connectivity index (χ1n) is 7.27. The molecule has 4 rings (SSSR count). The summed E-state index contributed by atoms with van der Waals surface area (Å²) in [5.74, 6) is 1.76. The van der Waals surface area contributed by atoms with Crippen LogP contribution in [-0.2, 0) is 0 Å². The van der Waals surface area contributed by atoms with Crippen LogP contribution in [0, 0.1) is 0 Å². The highest BCUT2D eigenvalue weighted by Crippen LogP contribution is 2.40. The van der Waals surface area contributed by atoms with Crippen LogP contribution in [-0.4, -0.2) is 13.1 Å². The number of rotatable bonds is 0. The van der Waals surface area contributed by atoms with Crippen LogP contribution in [0.3, 0.4) is 0 Å². The number of benzene rings is 2. The predicted octanol–water partition coefficient (Wildman–Crippen LogP) is 4.30. The predicted molar refractivity (Wildman–Crippen MR) is 83.0 cm³/mol. The van der Waals surface area contributed by atoms with Gasteiger partial charge in [-0.25, -0.2) is 0 Å². The standard InChI is InChI=1S/C12H9NO.C5H11N/c1-3-7-11-9(5-1)13-10-6-2-4-8-12(10)14-11;1-2-4-6-5-3-1/h1-8,13H;6H,1-5H2. The van der Waals surface area contributed by atoms with Crippen molar-refractivity contribution in [2.75, 3.05) is 18.4 Å². The Morgan fingerprint density at radius 1 is 0.700 bits per heavy atom. The lowest BCUT2D eigenvalue weighted by molar-refractivity contribution is 0.481. The summed E-state index contributed by atoms with van der Waals surface area (Å²) in [5.41, 5.74) is 2.04. The highest BCUT2D eigenvalue weighted by molar-refractivity contribution is 5.75. The largest absolute Gasteiger partial charge is 0.453 e. The lowest BCUT2D eigenvalue weighted by atomic mass is 10.2. The number of nitrogens with one attached hydrogen (secondary N) is 2. The normalized spacial score (nSPS) is 15.6. The minimum Gasteiger partial charge on any atom is -0.453 e. The van der Waals surface area contributed by atoms with E-state index < -0.39 is 0 Å². The van der Waals surface area contributed by atoms with Crippen molar-refractivity contribution in [1.29, 1.82) is 0 Å². The van der Waals surface area contributed by atoms with Gasteiger partial charge in [0.1, 0.15) is 0 Å². The van der Waals surface area contributed by atoms with E-state index in [4.69, 9.17) is 4.74 Å². The molecule has 0 unspecified atom stereocenters. The summed E-state index contributed by atoms with van der Waals surface area (Å²) in [5, 5.41) is 6.60. The Hall–Kier alpha value is -2.00. The monoisotopic (exact) mass is 268 g/mol. The molecule has 0 atom stereocenters. The van der Waals surface area contributed by atoms with Crippen LogP contribution in [0.4, 0.5) is 11.4 Å². The molecule has 0 bridgehead atoms. The van der Waals surface area contributed by atoms with Gasteiger partial charge in [-0.15, -0.1) is 0 Å². The second-order valence-corrected chi connectivity index (χ2v) is 5.03. The maximum Gasteiger partial charge on any atom is 0.150 e. The second-order valence-electron chi connectivity index (χ2n) is 5.03. The van der Waals surface area contributed by atoms with Crippen LogP contribution in [0.15, 0.2) is 48.5 Å². The van der Waals surface area contributed by atoms with Gasteiger partial charge in [-0.1, -0.05) is 30.7 Å². The molecular formula is C17H20N2O. The lowest BCUT2D eigenvalue weighted by Crippen LogP contribution is -2.21. The Labute approximate surface area is 120 Å². The number of ether oxygens (including phenoxy) is 1. The van der Waals surface area contributed by atoms with E-state index in [-0.39, 0.29) is 0 Å².